The van der Waals surface area contributed by atoms with E-state index in [1.54, 1.807) is 23.0 Å². The number of H-pyrrole nitrogens is 1. The molecule has 0 aromatic carbocycles. The molecule has 2 heterocycles. The number of nitrogens with zero attached hydrogens (tertiary/aromatic N) is 3. The molecule has 0 aliphatic rings. The van der Waals surface area contributed by atoms with E-state index in [0.29, 0.717) is 15.6 Å². The van der Waals surface area contributed by atoms with Crippen LogP contribution < -0.4 is 0 Å². The van der Waals surface area contributed by atoms with Crippen LogP contribution in [0.5, 0.6) is 0 Å². The second-order valence-electron chi connectivity index (χ2n) is 2.77. The second kappa shape index (κ2) is 3.51. The average Bonchev–Trinajstić information content (AvgIpc) is 2.49. The molecule has 0 bridgehead atoms. The molecule has 4 nitrogen and oxygen atoms in total. The quantitative estimate of drug-likeness (QED) is 0.759. The third-order valence-corrected chi connectivity index (χ3v) is 2.56. The highest BCUT2D eigenvalue weighted by Crippen LogP contribution is 2.24. The van der Waals surface area contributed by atoms with Crippen LogP contribution in [0.1, 0.15) is 0 Å². The van der Waals surface area contributed by atoms with E-state index in [1.165, 1.54) is 0 Å². The van der Waals surface area contributed by atoms with Gasteiger partial charge in [0.05, 0.1) is 5.02 Å². The molecule has 2 aromatic rings. The first kappa shape index (κ1) is 9.36. The minimum atomic E-state index is 0.560. The Bertz CT molecular complexity index is 516. The van der Waals surface area contributed by atoms with Gasteiger partial charge in [-0.15, -0.1) is 0 Å². The molecule has 0 amide bonds. The average molecular weight is 227 g/mol. The Morgan fingerprint density at radius 1 is 1.57 bits per heavy atom. The normalized spacial score (nSPS) is 10.4. The smallest absolute Gasteiger partial charge is 0.195 e. The van der Waals surface area contributed by atoms with Gasteiger partial charge in [0, 0.05) is 25.0 Å². The zero-order chi connectivity index (χ0) is 10.1. The van der Waals surface area contributed by atoms with Crippen molar-refractivity contribution in [2.45, 2.75) is 0 Å². The van der Waals surface area contributed by atoms with Gasteiger partial charge in [-0.3, -0.25) is 10.1 Å². The Morgan fingerprint density at radius 3 is 2.93 bits per heavy atom. The van der Waals surface area contributed by atoms with Crippen molar-refractivity contribution in [3.8, 4) is 11.4 Å². The van der Waals surface area contributed by atoms with Crippen molar-refractivity contribution in [1.29, 1.82) is 0 Å². The van der Waals surface area contributed by atoms with Gasteiger partial charge in [0.1, 0.15) is 0 Å². The predicted octanol–water partition coefficient (Wildman–Crippen LogP) is 2.19. The number of rotatable bonds is 1. The van der Waals surface area contributed by atoms with Crippen molar-refractivity contribution in [3.63, 3.8) is 0 Å². The predicted molar refractivity (Wildman–Crippen MR) is 56.6 cm³/mol. The first-order chi connectivity index (χ1) is 6.70. The molecule has 14 heavy (non-hydrogen) atoms. The van der Waals surface area contributed by atoms with Gasteiger partial charge < -0.3 is 4.57 Å². The van der Waals surface area contributed by atoms with E-state index in [9.17, 15) is 0 Å². The molecule has 2 aromatic heterocycles. The number of hydrogen-bond acceptors (Lipinski definition) is 3. The van der Waals surface area contributed by atoms with E-state index < -0.39 is 0 Å². The summed E-state index contributed by atoms with van der Waals surface area (Å²) in [6, 6.07) is 1.80. The molecular formula is C8H7ClN4S. The zero-order valence-corrected chi connectivity index (χ0v) is 8.93. The van der Waals surface area contributed by atoms with Crippen LogP contribution in [-0.4, -0.2) is 19.7 Å². The van der Waals surface area contributed by atoms with E-state index in [-0.39, 0.29) is 0 Å². The standard InChI is InChI=1S/C8H7ClN4S/c1-13-7(11-12-8(13)14)5-2-3-10-4-6(5)9/h2-4H,1H3,(H,12,14). The minimum absolute atomic E-state index is 0.560. The highest BCUT2D eigenvalue weighted by molar-refractivity contribution is 7.71. The second-order valence-corrected chi connectivity index (χ2v) is 3.56. The summed E-state index contributed by atoms with van der Waals surface area (Å²) in [5.41, 5.74) is 0.816. The maximum Gasteiger partial charge on any atom is 0.195 e. The van der Waals surface area contributed by atoms with Gasteiger partial charge in [-0.05, 0) is 18.3 Å². The van der Waals surface area contributed by atoms with Crippen molar-refractivity contribution in [3.05, 3.63) is 28.3 Å². The van der Waals surface area contributed by atoms with Crippen LogP contribution in [0, 0.1) is 4.77 Å². The SMILES string of the molecule is Cn1c(-c2ccncc2Cl)n[nH]c1=S. The van der Waals surface area contributed by atoms with Gasteiger partial charge in [-0.2, -0.15) is 5.10 Å². The van der Waals surface area contributed by atoms with Crippen LogP contribution in [0.2, 0.25) is 5.02 Å². The molecule has 2 rings (SSSR count). The fourth-order valence-electron chi connectivity index (χ4n) is 1.14. The highest BCUT2D eigenvalue weighted by atomic mass is 35.5. The summed E-state index contributed by atoms with van der Waals surface area (Å²) >= 11 is 11.0. The molecule has 0 spiro atoms. The summed E-state index contributed by atoms with van der Waals surface area (Å²) in [6.45, 7) is 0. The van der Waals surface area contributed by atoms with E-state index in [4.69, 9.17) is 23.8 Å². The molecule has 0 saturated heterocycles. The zero-order valence-electron chi connectivity index (χ0n) is 7.36. The van der Waals surface area contributed by atoms with Crippen LogP contribution in [-0.2, 0) is 7.05 Å². The van der Waals surface area contributed by atoms with Crippen LogP contribution >= 0.6 is 23.8 Å². The van der Waals surface area contributed by atoms with Crippen LogP contribution in [0.4, 0.5) is 0 Å². The molecule has 1 N–H and O–H groups in total. The number of halogens is 1. The van der Waals surface area contributed by atoms with Crippen molar-refractivity contribution < 1.29 is 0 Å². The van der Waals surface area contributed by atoms with Gasteiger partial charge in [0.25, 0.3) is 0 Å². The fraction of sp³-hybridized carbons (Fsp3) is 0.125. The van der Waals surface area contributed by atoms with Gasteiger partial charge in [0.2, 0.25) is 0 Å². The summed E-state index contributed by atoms with van der Waals surface area (Å²) in [6.07, 6.45) is 3.24. The molecule has 0 radical (unpaired) electrons. The maximum absolute atomic E-state index is 5.98. The molecule has 0 aliphatic carbocycles. The van der Waals surface area contributed by atoms with Gasteiger partial charge in [-0.25, -0.2) is 0 Å². The fourth-order valence-corrected chi connectivity index (χ4v) is 1.48. The summed E-state index contributed by atoms with van der Waals surface area (Å²) in [5, 5.41) is 7.34. The summed E-state index contributed by atoms with van der Waals surface area (Å²) in [7, 11) is 1.83. The Balaban J connectivity index is 2.66. The lowest BCUT2D eigenvalue weighted by Gasteiger charge is -2.01. The van der Waals surface area contributed by atoms with Crippen LogP contribution in [0.15, 0.2) is 18.5 Å². The van der Waals surface area contributed by atoms with Crippen molar-refractivity contribution >= 4 is 23.8 Å². The van der Waals surface area contributed by atoms with E-state index in [1.807, 2.05) is 7.05 Å². The van der Waals surface area contributed by atoms with Crippen molar-refractivity contribution in [2.24, 2.45) is 7.05 Å². The van der Waals surface area contributed by atoms with Gasteiger partial charge in [0.15, 0.2) is 10.6 Å². The van der Waals surface area contributed by atoms with E-state index in [2.05, 4.69) is 15.2 Å². The lowest BCUT2D eigenvalue weighted by molar-refractivity contribution is 0.901. The topological polar surface area (TPSA) is 46.5 Å². The molecule has 6 heteroatoms. The Kier molecular flexibility index (Phi) is 2.35. The molecule has 0 aliphatic heterocycles. The van der Waals surface area contributed by atoms with E-state index >= 15 is 0 Å². The maximum atomic E-state index is 5.98. The third-order valence-electron chi connectivity index (χ3n) is 1.89. The number of aromatic nitrogens is 4. The number of nitrogens with one attached hydrogen (secondary N) is 1. The monoisotopic (exact) mass is 226 g/mol. The lowest BCUT2D eigenvalue weighted by Crippen LogP contribution is -1.93. The molecule has 0 unspecified atom stereocenters. The van der Waals surface area contributed by atoms with Crippen molar-refractivity contribution in [2.75, 3.05) is 0 Å². The van der Waals surface area contributed by atoms with Crippen LogP contribution in [0.25, 0.3) is 11.4 Å². The van der Waals surface area contributed by atoms with Gasteiger partial charge in [-0.1, -0.05) is 11.6 Å². The van der Waals surface area contributed by atoms with E-state index in [0.717, 1.165) is 5.56 Å². The van der Waals surface area contributed by atoms with Crippen LogP contribution in [0.3, 0.4) is 0 Å². The Morgan fingerprint density at radius 2 is 2.36 bits per heavy atom. The molecular weight excluding hydrogens is 220 g/mol. The molecule has 72 valence electrons. The Labute approximate surface area is 90.6 Å². The lowest BCUT2D eigenvalue weighted by atomic mass is 10.2. The molecule has 0 saturated carbocycles. The minimum Gasteiger partial charge on any atom is -0.303 e. The van der Waals surface area contributed by atoms with Gasteiger partial charge >= 0.3 is 0 Å². The number of aromatic amines is 1. The number of hydrogen-bond donors (Lipinski definition) is 1. The third kappa shape index (κ3) is 1.44. The summed E-state index contributed by atoms with van der Waals surface area (Å²) in [5.74, 6) is 0.711. The molecule has 0 fully saturated rings. The largest absolute Gasteiger partial charge is 0.303 e. The Hall–Kier alpha value is -1.20. The van der Waals surface area contributed by atoms with Crippen molar-refractivity contribution in [1.82, 2.24) is 19.7 Å². The highest BCUT2D eigenvalue weighted by Gasteiger charge is 2.08. The number of pyridine rings is 1. The first-order valence-electron chi connectivity index (χ1n) is 3.91. The summed E-state index contributed by atoms with van der Waals surface area (Å²) < 4.78 is 2.32. The first-order valence-corrected chi connectivity index (χ1v) is 4.70. The molecule has 0 atom stereocenters. The summed E-state index contributed by atoms with van der Waals surface area (Å²) in [4.78, 5) is 3.90.